The topological polar surface area (TPSA) is 106 Å². The zero-order chi connectivity index (χ0) is 24.2. The van der Waals surface area contributed by atoms with E-state index >= 15 is 0 Å². The van der Waals surface area contributed by atoms with Crippen LogP contribution >= 0.6 is 23.4 Å². The summed E-state index contributed by atoms with van der Waals surface area (Å²) in [5, 5.41) is 2.50. The van der Waals surface area contributed by atoms with Crippen molar-refractivity contribution < 1.29 is 28.3 Å². The van der Waals surface area contributed by atoms with Crippen molar-refractivity contribution in [2.75, 3.05) is 19.0 Å². The number of amides is 3. The number of hydrogen-bond donors (Lipinski definition) is 1. The molecule has 1 N–H and O–H groups in total. The summed E-state index contributed by atoms with van der Waals surface area (Å²) in [7, 11) is 1.31. The molecule has 1 aromatic heterocycles. The van der Waals surface area contributed by atoms with E-state index in [1.54, 1.807) is 60.7 Å². The number of hydrogen-bond acceptors (Lipinski definition) is 7. The monoisotopic (exact) mass is 496 g/mol. The van der Waals surface area contributed by atoms with Gasteiger partial charge in [0.2, 0.25) is 5.91 Å². The van der Waals surface area contributed by atoms with Crippen LogP contribution in [0.2, 0.25) is 5.02 Å². The molecule has 10 heteroatoms. The van der Waals surface area contributed by atoms with Crippen LogP contribution in [0.5, 0.6) is 0 Å². The number of benzene rings is 2. The number of halogens is 1. The molecule has 3 aromatic rings. The first-order chi connectivity index (χ1) is 16.3. The van der Waals surface area contributed by atoms with Crippen molar-refractivity contribution in [1.82, 2.24) is 4.90 Å². The smallest absolute Gasteiger partial charge is 0.337 e. The van der Waals surface area contributed by atoms with E-state index in [4.69, 9.17) is 16.0 Å². The van der Waals surface area contributed by atoms with Crippen molar-refractivity contribution >= 4 is 58.1 Å². The van der Waals surface area contributed by atoms with Crippen LogP contribution in [0.15, 0.2) is 70.0 Å². The number of thioether (sulfide) groups is 1. The second-order valence-corrected chi connectivity index (χ2v) is 8.53. The van der Waals surface area contributed by atoms with E-state index in [0.717, 1.165) is 22.2 Å². The summed E-state index contributed by atoms with van der Waals surface area (Å²) in [4.78, 5) is 49.9. The molecule has 0 atom stereocenters. The predicted molar refractivity (Wildman–Crippen MR) is 128 cm³/mol. The van der Waals surface area contributed by atoms with Gasteiger partial charge in [-0.25, -0.2) is 4.79 Å². The van der Waals surface area contributed by atoms with E-state index in [2.05, 4.69) is 10.1 Å². The molecule has 3 amide bonds. The van der Waals surface area contributed by atoms with Crippen LogP contribution in [0.4, 0.5) is 10.5 Å². The van der Waals surface area contributed by atoms with Gasteiger partial charge in [0.05, 0.1) is 17.6 Å². The second kappa shape index (κ2) is 9.98. The number of nitrogens with zero attached hydrogens (tertiary/aromatic N) is 1. The van der Waals surface area contributed by atoms with Crippen LogP contribution in [0.25, 0.3) is 17.4 Å². The minimum absolute atomic E-state index is 0.141. The number of rotatable bonds is 6. The van der Waals surface area contributed by atoms with E-state index in [1.165, 1.54) is 13.2 Å². The van der Waals surface area contributed by atoms with Gasteiger partial charge in [0.25, 0.3) is 11.1 Å². The number of carbonyl (C=O) groups is 4. The Labute approximate surface area is 203 Å². The van der Waals surface area contributed by atoms with Gasteiger partial charge in [-0.2, -0.15) is 0 Å². The molecule has 4 rings (SSSR count). The lowest BCUT2D eigenvalue weighted by atomic mass is 10.1. The Hall–Kier alpha value is -3.82. The van der Waals surface area contributed by atoms with Crippen molar-refractivity contribution in [1.29, 1.82) is 0 Å². The highest BCUT2D eigenvalue weighted by Crippen LogP contribution is 2.33. The van der Waals surface area contributed by atoms with E-state index in [-0.39, 0.29) is 4.91 Å². The summed E-state index contributed by atoms with van der Waals surface area (Å²) in [6.45, 7) is -0.426. The van der Waals surface area contributed by atoms with Crippen molar-refractivity contribution in [3.05, 3.63) is 81.9 Å². The van der Waals surface area contributed by atoms with Gasteiger partial charge in [0, 0.05) is 22.3 Å². The first-order valence-electron chi connectivity index (χ1n) is 9.93. The Morgan fingerprint density at radius 1 is 1.12 bits per heavy atom. The number of nitrogens with one attached hydrogen (secondary N) is 1. The molecule has 0 radical (unpaired) electrons. The summed E-state index contributed by atoms with van der Waals surface area (Å²) in [6, 6.07) is 16.6. The Balaban J connectivity index is 1.43. The van der Waals surface area contributed by atoms with Crippen molar-refractivity contribution in [3.8, 4) is 11.3 Å². The molecular formula is C24H17ClN2O6S. The molecule has 172 valence electrons. The molecule has 0 spiro atoms. The maximum atomic E-state index is 12.7. The van der Waals surface area contributed by atoms with Gasteiger partial charge in [-0.3, -0.25) is 19.3 Å². The Morgan fingerprint density at radius 2 is 1.88 bits per heavy atom. The third kappa shape index (κ3) is 5.22. The minimum atomic E-state index is -0.586. The Bertz CT molecular complexity index is 1320. The largest absolute Gasteiger partial charge is 0.465 e. The highest BCUT2D eigenvalue weighted by atomic mass is 35.5. The van der Waals surface area contributed by atoms with Crippen molar-refractivity contribution in [2.24, 2.45) is 0 Å². The fourth-order valence-corrected chi connectivity index (χ4v) is 4.16. The zero-order valence-corrected chi connectivity index (χ0v) is 19.3. The number of imide groups is 1. The molecule has 0 unspecified atom stereocenters. The van der Waals surface area contributed by atoms with Crippen LogP contribution in [-0.2, 0) is 14.3 Å². The number of ether oxygens (including phenoxy) is 1. The lowest BCUT2D eigenvalue weighted by Gasteiger charge is -2.12. The van der Waals surface area contributed by atoms with Gasteiger partial charge >= 0.3 is 5.97 Å². The van der Waals surface area contributed by atoms with Crippen LogP contribution in [-0.4, -0.2) is 41.6 Å². The third-order valence-corrected chi connectivity index (χ3v) is 5.92. The van der Waals surface area contributed by atoms with E-state index in [9.17, 15) is 19.2 Å². The van der Waals surface area contributed by atoms with E-state index < -0.39 is 29.6 Å². The van der Waals surface area contributed by atoms with Crippen LogP contribution < -0.4 is 5.32 Å². The van der Waals surface area contributed by atoms with E-state index in [1.807, 2.05) is 0 Å². The summed E-state index contributed by atoms with van der Waals surface area (Å²) < 4.78 is 10.4. The molecule has 0 saturated carbocycles. The lowest BCUT2D eigenvalue weighted by Crippen LogP contribution is -2.36. The van der Waals surface area contributed by atoms with Gasteiger partial charge in [0.15, 0.2) is 0 Å². The average Bonchev–Trinajstić information content (AvgIpc) is 3.39. The molecule has 1 aliphatic rings. The Morgan fingerprint density at radius 3 is 2.59 bits per heavy atom. The molecule has 1 fully saturated rings. The van der Waals surface area contributed by atoms with Crippen LogP contribution in [0.3, 0.4) is 0 Å². The fraction of sp³-hybridized carbons (Fsp3) is 0.0833. The summed E-state index contributed by atoms with van der Waals surface area (Å²) >= 11 is 6.63. The number of furan rings is 1. The zero-order valence-electron chi connectivity index (χ0n) is 17.7. The molecule has 8 nitrogen and oxygen atoms in total. The third-order valence-electron chi connectivity index (χ3n) is 4.77. The first kappa shape index (κ1) is 23.3. The number of carbonyl (C=O) groups excluding carboxylic acids is 4. The maximum Gasteiger partial charge on any atom is 0.337 e. The molecule has 1 aliphatic heterocycles. The normalized spacial score (nSPS) is 14.5. The summed E-state index contributed by atoms with van der Waals surface area (Å²) in [5.74, 6) is -0.675. The number of anilines is 1. The first-order valence-corrected chi connectivity index (χ1v) is 11.1. The van der Waals surface area contributed by atoms with Gasteiger partial charge in [0.1, 0.15) is 18.1 Å². The van der Waals surface area contributed by atoms with Crippen molar-refractivity contribution in [2.45, 2.75) is 0 Å². The standard InChI is InChI=1S/C24H17ClN2O6S/c1-32-23(30)15-7-5-14(6-8-15)19-10-9-18(33-19)12-20-22(29)27(24(31)34-20)13-21(28)26-17-4-2-3-16(25)11-17/h2-12H,13H2,1H3,(H,26,28)/b20-12+. The summed E-state index contributed by atoms with van der Waals surface area (Å²) in [6.07, 6.45) is 1.45. The molecule has 0 bridgehead atoms. The number of methoxy groups -OCH3 is 1. The average molecular weight is 497 g/mol. The maximum absolute atomic E-state index is 12.7. The van der Waals surface area contributed by atoms with Crippen LogP contribution in [0.1, 0.15) is 16.1 Å². The van der Waals surface area contributed by atoms with Crippen LogP contribution in [0, 0.1) is 0 Å². The van der Waals surface area contributed by atoms with Gasteiger partial charge in [-0.05, 0) is 54.2 Å². The highest BCUT2D eigenvalue weighted by molar-refractivity contribution is 8.18. The van der Waals surface area contributed by atoms with Crippen molar-refractivity contribution in [3.63, 3.8) is 0 Å². The molecule has 0 aliphatic carbocycles. The fourth-order valence-electron chi connectivity index (χ4n) is 3.15. The van der Waals surface area contributed by atoms with E-state index in [0.29, 0.717) is 27.8 Å². The molecular weight excluding hydrogens is 480 g/mol. The second-order valence-electron chi connectivity index (χ2n) is 7.10. The Kier molecular flexibility index (Phi) is 6.85. The molecule has 2 heterocycles. The molecule has 1 saturated heterocycles. The predicted octanol–water partition coefficient (Wildman–Crippen LogP) is 5.06. The van der Waals surface area contributed by atoms with Gasteiger partial charge in [-0.1, -0.05) is 29.8 Å². The van der Waals surface area contributed by atoms with Gasteiger partial charge < -0.3 is 14.5 Å². The SMILES string of the molecule is COC(=O)c1ccc(-c2ccc(/C=C3/SC(=O)N(CC(=O)Nc4cccc(Cl)c4)C3=O)o2)cc1. The number of esters is 1. The molecule has 2 aromatic carbocycles. The highest BCUT2D eigenvalue weighted by Gasteiger charge is 2.36. The minimum Gasteiger partial charge on any atom is -0.465 e. The summed E-state index contributed by atoms with van der Waals surface area (Å²) in [5.41, 5.74) is 1.59. The lowest BCUT2D eigenvalue weighted by molar-refractivity contribution is -0.127. The van der Waals surface area contributed by atoms with Gasteiger partial charge in [-0.15, -0.1) is 0 Å². The quantitative estimate of drug-likeness (QED) is 0.375. The molecule has 34 heavy (non-hydrogen) atoms.